The van der Waals surface area contributed by atoms with Crippen molar-refractivity contribution in [1.82, 2.24) is 10.2 Å². The van der Waals surface area contributed by atoms with Crippen molar-refractivity contribution in [2.24, 2.45) is 35.0 Å². The average Bonchev–Trinajstić information content (AvgIpc) is 2.43. The molecule has 4 aliphatic rings. The number of carbonyl (C=O) groups is 1. The summed E-state index contributed by atoms with van der Waals surface area (Å²) < 4.78 is 0. The van der Waals surface area contributed by atoms with Crippen LogP contribution in [0.5, 0.6) is 0 Å². The number of carbonyl (C=O) groups excluding carboxylic acids is 1. The zero-order chi connectivity index (χ0) is 17.5. The van der Waals surface area contributed by atoms with Crippen LogP contribution in [0.4, 0.5) is 0 Å². The molecule has 3 nitrogen and oxygen atoms in total. The summed E-state index contributed by atoms with van der Waals surface area (Å²) in [5, 5.41) is 3.82. The van der Waals surface area contributed by atoms with Gasteiger partial charge in [0.25, 0.3) is 0 Å². The van der Waals surface area contributed by atoms with Crippen molar-refractivity contribution in [3.8, 4) is 0 Å². The van der Waals surface area contributed by atoms with E-state index in [1.54, 1.807) is 0 Å². The summed E-state index contributed by atoms with van der Waals surface area (Å²) in [6, 6.07) is 0. The lowest BCUT2D eigenvalue weighted by Crippen LogP contribution is -2.56. The SMILES string of the molecule is CC(C)CN(CC(C)C)C(=S)NC(=O)C12CC3CC(CC(C3)C1)C2. The van der Waals surface area contributed by atoms with Gasteiger partial charge in [0.15, 0.2) is 5.11 Å². The number of amides is 1. The first-order valence-corrected chi connectivity index (χ1v) is 10.3. The molecule has 0 heterocycles. The summed E-state index contributed by atoms with van der Waals surface area (Å²) in [7, 11) is 0. The summed E-state index contributed by atoms with van der Waals surface area (Å²) in [6.45, 7) is 10.7. The Morgan fingerprint density at radius 3 is 1.79 bits per heavy atom. The van der Waals surface area contributed by atoms with E-state index < -0.39 is 0 Å². The number of nitrogens with one attached hydrogen (secondary N) is 1. The fraction of sp³-hybridized carbons (Fsp3) is 0.900. The number of hydrogen-bond acceptors (Lipinski definition) is 2. The third-order valence-electron chi connectivity index (χ3n) is 6.20. The van der Waals surface area contributed by atoms with Gasteiger partial charge < -0.3 is 10.2 Å². The third kappa shape index (κ3) is 3.79. The fourth-order valence-electron chi connectivity index (χ4n) is 5.82. The Labute approximate surface area is 152 Å². The molecule has 4 bridgehead atoms. The molecule has 0 aromatic rings. The van der Waals surface area contributed by atoms with Crippen molar-refractivity contribution < 1.29 is 4.79 Å². The predicted octanol–water partition coefficient (Wildman–Crippen LogP) is 4.22. The number of thiocarbonyl (C=S) groups is 1. The molecule has 4 rings (SSSR count). The van der Waals surface area contributed by atoms with E-state index in [4.69, 9.17) is 12.2 Å². The maximum Gasteiger partial charge on any atom is 0.232 e. The van der Waals surface area contributed by atoms with Gasteiger partial charge >= 0.3 is 0 Å². The number of rotatable bonds is 5. The molecule has 4 saturated carbocycles. The highest BCUT2D eigenvalue weighted by atomic mass is 32.1. The Bertz CT molecular complexity index is 455. The van der Waals surface area contributed by atoms with E-state index in [1.807, 2.05) is 0 Å². The quantitative estimate of drug-likeness (QED) is 0.754. The second kappa shape index (κ2) is 6.93. The van der Waals surface area contributed by atoms with E-state index in [0.29, 0.717) is 16.9 Å². The second-order valence-corrected chi connectivity index (χ2v) is 10.0. The molecule has 0 radical (unpaired) electrons. The third-order valence-corrected chi connectivity index (χ3v) is 6.56. The van der Waals surface area contributed by atoms with Gasteiger partial charge in [0.1, 0.15) is 0 Å². The highest BCUT2D eigenvalue weighted by Crippen LogP contribution is 2.60. The molecule has 24 heavy (non-hydrogen) atoms. The molecule has 0 aliphatic heterocycles. The summed E-state index contributed by atoms with van der Waals surface area (Å²) in [5.41, 5.74) is -0.111. The first kappa shape index (κ1) is 18.2. The number of hydrogen-bond donors (Lipinski definition) is 1. The molecule has 0 spiro atoms. The normalized spacial score (nSPS) is 34.0. The minimum absolute atomic E-state index is 0.111. The largest absolute Gasteiger partial charge is 0.348 e. The van der Waals surface area contributed by atoms with E-state index in [-0.39, 0.29) is 11.3 Å². The van der Waals surface area contributed by atoms with Crippen LogP contribution >= 0.6 is 12.2 Å². The molecule has 0 aromatic heterocycles. The van der Waals surface area contributed by atoms with Gasteiger partial charge in [0.05, 0.1) is 5.41 Å². The molecule has 4 aliphatic carbocycles. The van der Waals surface area contributed by atoms with Crippen molar-refractivity contribution in [1.29, 1.82) is 0 Å². The van der Waals surface area contributed by atoms with Crippen LogP contribution in [0.2, 0.25) is 0 Å². The van der Waals surface area contributed by atoms with Crippen LogP contribution in [-0.4, -0.2) is 29.0 Å². The molecule has 4 heteroatoms. The molecular weight excluding hydrogens is 316 g/mol. The molecule has 1 N–H and O–H groups in total. The predicted molar refractivity (Wildman–Crippen MR) is 103 cm³/mol. The lowest BCUT2D eigenvalue weighted by atomic mass is 9.49. The molecule has 1 amide bonds. The van der Waals surface area contributed by atoms with Gasteiger partial charge in [-0.15, -0.1) is 0 Å². The Balaban J connectivity index is 1.65. The minimum atomic E-state index is -0.111. The van der Waals surface area contributed by atoms with Crippen LogP contribution in [0.15, 0.2) is 0 Å². The van der Waals surface area contributed by atoms with E-state index in [1.165, 1.54) is 19.3 Å². The van der Waals surface area contributed by atoms with Gasteiger partial charge in [-0.3, -0.25) is 4.79 Å². The summed E-state index contributed by atoms with van der Waals surface area (Å²) in [5.74, 6) is 3.68. The van der Waals surface area contributed by atoms with E-state index >= 15 is 0 Å². The molecule has 0 saturated heterocycles. The maximum atomic E-state index is 13.2. The van der Waals surface area contributed by atoms with Crippen molar-refractivity contribution >= 4 is 23.2 Å². The topological polar surface area (TPSA) is 32.3 Å². The van der Waals surface area contributed by atoms with Crippen LogP contribution in [0, 0.1) is 35.0 Å². The smallest absolute Gasteiger partial charge is 0.232 e. The zero-order valence-electron chi connectivity index (χ0n) is 15.8. The molecule has 0 aromatic carbocycles. The Morgan fingerprint density at radius 2 is 1.42 bits per heavy atom. The van der Waals surface area contributed by atoms with Gasteiger partial charge in [-0.2, -0.15) is 0 Å². The second-order valence-electron chi connectivity index (χ2n) is 9.65. The van der Waals surface area contributed by atoms with Crippen molar-refractivity contribution in [2.45, 2.75) is 66.2 Å². The van der Waals surface area contributed by atoms with Crippen LogP contribution in [0.3, 0.4) is 0 Å². The first-order valence-electron chi connectivity index (χ1n) is 9.88. The molecule has 0 unspecified atom stereocenters. The van der Waals surface area contributed by atoms with Gasteiger partial charge in [0.2, 0.25) is 5.91 Å². The standard InChI is InChI=1S/C20H34N2OS/c1-13(2)11-22(12-14(3)4)19(24)21-18(23)20-8-15-5-16(9-20)7-17(6-15)10-20/h13-17H,5-12H2,1-4H3,(H,21,23,24). The Kier molecular flexibility index (Phi) is 5.25. The maximum absolute atomic E-state index is 13.2. The van der Waals surface area contributed by atoms with Gasteiger partial charge in [-0.05, 0) is 80.3 Å². The van der Waals surface area contributed by atoms with Crippen LogP contribution in [-0.2, 0) is 4.79 Å². The lowest BCUT2D eigenvalue weighted by Gasteiger charge is -2.55. The highest BCUT2D eigenvalue weighted by Gasteiger charge is 2.54. The van der Waals surface area contributed by atoms with Gasteiger partial charge in [-0.25, -0.2) is 0 Å². The summed E-state index contributed by atoms with van der Waals surface area (Å²) in [6.07, 6.45) is 7.39. The molecule has 4 fully saturated rings. The monoisotopic (exact) mass is 350 g/mol. The summed E-state index contributed by atoms with van der Waals surface area (Å²) in [4.78, 5) is 15.4. The fourth-order valence-corrected chi connectivity index (χ4v) is 6.06. The molecule has 0 atom stereocenters. The molecular formula is C20H34N2OS. The van der Waals surface area contributed by atoms with Gasteiger partial charge in [-0.1, -0.05) is 27.7 Å². The zero-order valence-corrected chi connectivity index (χ0v) is 16.6. The average molecular weight is 351 g/mol. The van der Waals surface area contributed by atoms with Crippen LogP contribution in [0.1, 0.15) is 66.2 Å². The van der Waals surface area contributed by atoms with Crippen LogP contribution < -0.4 is 5.32 Å². The highest BCUT2D eigenvalue weighted by molar-refractivity contribution is 7.80. The van der Waals surface area contributed by atoms with E-state index in [9.17, 15) is 4.79 Å². The van der Waals surface area contributed by atoms with E-state index in [0.717, 1.165) is 50.1 Å². The summed E-state index contributed by atoms with van der Waals surface area (Å²) >= 11 is 5.64. The van der Waals surface area contributed by atoms with Crippen molar-refractivity contribution in [2.75, 3.05) is 13.1 Å². The lowest BCUT2D eigenvalue weighted by molar-refractivity contribution is -0.144. The van der Waals surface area contributed by atoms with Crippen molar-refractivity contribution in [3.05, 3.63) is 0 Å². The van der Waals surface area contributed by atoms with Crippen LogP contribution in [0.25, 0.3) is 0 Å². The minimum Gasteiger partial charge on any atom is -0.348 e. The molecule has 136 valence electrons. The number of nitrogens with zero attached hydrogens (tertiary/aromatic N) is 1. The van der Waals surface area contributed by atoms with Crippen molar-refractivity contribution in [3.63, 3.8) is 0 Å². The first-order chi connectivity index (χ1) is 11.3. The van der Waals surface area contributed by atoms with E-state index in [2.05, 4.69) is 37.9 Å². The van der Waals surface area contributed by atoms with Gasteiger partial charge in [0, 0.05) is 13.1 Å². The Morgan fingerprint density at radius 1 is 1.00 bits per heavy atom. The Hall–Kier alpha value is -0.640.